The average molecular weight is 152 g/mol. The van der Waals surface area contributed by atoms with E-state index in [-0.39, 0.29) is 5.76 Å². The van der Waals surface area contributed by atoms with Crippen LogP contribution in [0.4, 0.5) is 0 Å². The Kier molecular flexibility index (Phi) is 1.21. The molecule has 1 heterocycles. The number of nitrogens with zero attached hydrogens (tertiary/aromatic N) is 1. The van der Waals surface area contributed by atoms with Gasteiger partial charge in [-0.25, -0.2) is 4.98 Å². The quantitative estimate of drug-likeness (QED) is 0.676. The van der Waals surface area contributed by atoms with Crippen molar-refractivity contribution in [3.05, 3.63) is 17.8 Å². The van der Waals surface area contributed by atoms with Crippen molar-refractivity contribution in [2.24, 2.45) is 5.73 Å². The first kappa shape index (κ1) is 6.39. The fraction of sp³-hybridized carbons (Fsp3) is 0.429. The van der Waals surface area contributed by atoms with Gasteiger partial charge in [0.25, 0.3) is 5.91 Å². The van der Waals surface area contributed by atoms with Gasteiger partial charge in [-0.1, -0.05) is 0 Å². The zero-order valence-corrected chi connectivity index (χ0v) is 5.91. The summed E-state index contributed by atoms with van der Waals surface area (Å²) in [6.07, 6.45) is 3.60. The normalized spacial score (nSPS) is 16.7. The molecule has 0 aromatic carbocycles. The maximum Gasteiger partial charge on any atom is 0.286 e. The average Bonchev–Trinajstić information content (AvgIpc) is 2.68. The molecule has 0 radical (unpaired) electrons. The van der Waals surface area contributed by atoms with Crippen molar-refractivity contribution in [1.82, 2.24) is 4.98 Å². The van der Waals surface area contributed by atoms with Gasteiger partial charge in [0.1, 0.15) is 0 Å². The second-order valence-corrected chi connectivity index (χ2v) is 2.70. The highest BCUT2D eigenvalue weighted by Crippen LogP contribution is 2.39. The molecule has 1 amide bonds. The second-order valence-electron chi connectivity index (χ2n) is 2.70. The number of carbonyl (C=O) groups is 1. The smallest absolute Gasteiger partial charge is 0.286 e. The van der Waals surface area contributed by atoms with Crippen molar-refractivity contribution in [2.75, 3.05) is 0 Å². The van der Waals surface area contributed by atoms with E-state index in [2.05, 4.69) is 4.98 Å². The van der Waals surface area contributed by atoms with E-state index >= 15 is 0 Å². The van der Waals surface area contributed by atoms with Gasteiger partial charge in [0.05, 0.1) is 6.20 Å². The van der Waals surface area contributed by atoms with Gasteiger partial charge in [0.15, 0.2) is 5.89 Å². The predicted octanol–water partition coefficient (Wildman–Crippen LogP) is 0.651. The van der Waals surface area contributed by atoms with Crippen molar-refractivity contribution < 1.29 is 9.21 Å². The molecule has 0 bridgehead atoms. The number of carbonyl (C=O) groups excluding carboxylic acids is 1. The van der Waals surface area contributed by atoms with Crippen LogP contribution in [-0.2, 0) is 0 Å². The number of oxazole rings is 1. The first-order valence-corrected chi connectivity index (χ1v) is 3.53. The standard InChI is InChI=1S/C7H8N2O2/c8-6(10)5-3-9-7(11-5)4-1-2-4/h3-4H,1-2H2,(H2,8,10). The Morgan fingerprint density at radius 3 is 2.91 bits per heavy atom. The molecule has 1 saturated carbocycles. The minimum absolute atomic E-state index is 0.159. The van der Waals surface area contributed by atoms with Gasteiger partial charge >= 0.3 is 0 Å². The summed E-state index contributed by atoms with van der Waals surface area (Å²) in [4.78, 5) is 14.5. The highest BCUT2D eigenvalue weighted by atomic mass is 16.4. The number of primary amides is 1. The monoisotopic (exact) mass is 152 g/mol. The lowest BCUT2D eigenvalue weighted by Gasteiger charge is -1.85. The van der Waals surface area contributed by atoms with E-state index in [1.54, 1.807) is 0 Å². The largest absolute Gasteiger partial charge is 0.435 e. The number of rotatable bonds is 2. The highest BCUT2D eigenvalue weighted by molar-refractivity contribution is 5.89. The number of hydrogen-bond donors (Lipinski definition) is 1. The van der Waals surface area contributed by atoms with Gasteiger partial charge in [-0.05, 0) is 12.8 Å². The molecule has 1 aromatic heterocycles. The maximum atomic E-state index is 10.5. The lowest BCUT2D eigenvalue weighted by atomic mass is 10.4. The van der Waals surface area contributed by atoms with E-state index in [0.717, 1.165) is 12.8 Å². The first-order chi connectivity index (χ1) is 5.27. The van der Waals surface area contributed by atoms with E-state index in [1.807, 2.05) is 0 Å². The summed E-state index contributed by atoms with van der Waals surface area (Å²) in [6, 6.07) is 0. The number of aromatic nitrogens is 1. The van der Waals surface area contributed by atoms with Crippen LogP contribution in [0.25, 0.3) is 0 Å². The second kappa shape index (κ2) is 2.08. The summed E-state index contributed by atoms with van der Waals surface area (Å²) in [6.45, 7) is 0. The van der Waals surface area contributed by atoms with Crippen LogP contribution in [0.1, 0.15) is 35.2 Å². The summed E-state index contributed by atoms with van der Waals surface area (Å²) in [5.74, 6) is 0.693. The summed E-state index contributed by atoms with van der Waals surface area (Å²) in [7, 11) is 0. The van der Waals surface area contributed by atoms with Gasteiger partial charge in [0.2, 0.25) is 5.76 Å². The summed E-state index contributed by atoms with van der Waals surface area (Å²) >= 11 is 0. The molecule has 0 saturated heterocycles. The fourth-order valence-corrected chi connectivity index (χ4v) is 0.921. The maximum absolute atomic E-state index is 10.5. The molecule has 0 atom stereocenters. The molecule has 0 unspecified atom stereocenters. The molecular weight excluding hydrogens is 144 g/mol. The molecule has 11 heavy (non-hydrogen) atoms. The van der Waals surface area contributed by atoms with Crippen LogP contribution in [0.3, 0.4) is 0 Å². The lowest BCUT2D eigenvalue weighted by molar-refractivity contribution is 0.0972. The molecule has 58 valence electrons. The molecule has 4 heteroatoms. The van der Waals surface area contributed by atoms with E-state index in [9.17, 15) is 4.79 Å². The molecule has 1 aliphatic carbocycles. The molecule has 0 aliphatic heterocycles. The van der Waals surface area contributed by atoms with Crippen molar-refractivity contribution in [3.63, 3.8) is 0 Å². The Bertz CT molecular complexity index is 288. The highest BCUT2D eigenvalue weighted by Gasteiger charge is 2.28. The van der Waals surface area contributed by atoms with Gasteiger partial charge < -0.3 is 10.2 Å². The topological polar surface area (TPSA) is 69.1 Å². The zero-order valence-electron chi connectivity index (χ0n) is 5.91. The minimum atomic E-state index is -0.551. The third-order valence-electron chi connectivity index (χ3n) is 1.69. The van der Waals surface area contributed by atoms with Crippen molar-refractivity contribution in [3.8, 4) is 0 Å². The Morgan fingerprint density at radius 2 is 2.45 bits per heavy atom. The summed E-state index contributed by atoms with van der Waals surface area (Å²) < 4.78 is 5.08. The van der Waals surface area contributed by atoms with Gasteiger partial charge in [-0.15, -0.1) is 0 Å². The van der Waals surface area contributed by atoms with Crippen LogP contribution in [0, 0.1) is 0 Å². The molecule has 2 rings (SSSR count). The van der Waals surface area contributed by atoms with Crippen molar-refractivity contribution >= 4 is 5.91 Å². The number of nitrogens with two attached hydrogens (primary N) is 1. The molecule has 1 fully saturated rings. The molecule has 0 spiro atoms. The van der Waals surface area contributed by atoms with Crippen LogP contribution >= 0.6 is 0 Å². The fourth-order valence-electron chi connectivity index (χ4n) is 0.921. The summed E-state index contributed by atoms with van der Waals surface area (Å²) in [5.41, 5.74) is 4.97. The van der Waals surface area contributed by atoms with E-state index in [0.29, 0.717) is 11.8 Å². The minimum Gasteiger partial charge on any atom is -0.435 e. The molecule has 1 aromatic rings. The van der Waals surface area contributed by atoms with Crippen LogP contribution in [-0.4, -0.2) is 10.9 Å². The lowest BCUT2D eigenvalue weighted by Crippen LogP contribution is -2.09. The van der Waals surface area contributed by atoms with E-state index < -0.39 is 5.91 Å². The molecular formula is C7H8N2O2. The van der Waals surface area contributed by atoms with Crippen LogP contribution in [0.2, 0.25) is 0 Å². The first-order valence-electron chi connectivity index (χ1n) is 3.53. The third kappa shape index (κ3) is 1.11. The van der Waals surface area contributed by atoms with E-state index in [1.165, 1.54) is 6.20 Å². The van der Waals surface area contributed by atoms with Crippen molar-refractivity contribution in [2.45, 2.75) is 18.8 Å². The molecule has 2 N–H and O–H groups in total. The predicted molar refractivity (Wildman–Crippen MR) is 37.0 cm³/mol. The molecule has 1 aliphatic rings. The van der Waals surface area contributed by atoms with Crippen molar-refractivity contribution in [1.29, 1.82) is 0 Å². The Hall–Kier alpha value is -1.32. The summed E-state index contributed by atoms with van der Waals surface area (Å²) in [5, 5.41) is 0. The van der Waals surface area contributed by atoms with Gasteiger partial charge in [-0.3, -0.25) is 4.79 Å². The SMILES string of the molecule is NC(=O)c1cnc(C2CC2)o1. The Balaban J connectivity index is 2.25. The molecule has 4 nitrogen and oxygen atoms in total. The van der Waals surface area contributed by atoms with Gasteiger partial charge in [-0.2, -0.15) is 0 Å². The Labute approximate surface area is 63.4 Å². The number of hydrogen-bond acceptors (Lipinski definition) is 3. The van der Waals surface area contributed by atoms with Gasteiger partial charge in [0, 0.05) is 5.92 Å². The Morgan fingerprint density at radius 1 is 1.73 bits per heavy atom. The third-order valence-corrected chi connectivity index (χ3v) is 1.69. The van der Waals surface area contributed by atoms with Crippen LogP contribution in [0.15, 0.2) is 10.6 Å². The van der Waals surface area contributed by atoms with Crippen LogP contribution < -0.4 is 5.73 Å². The van der Waals surface area contributed by atoms with E-state index in [4.69, 9.17) is 10.2 Å². The van der Waals surface area contributed by atoms with Crippen LogP contribution in [0.5, 0.6) is 0 Å². The zero-order chi connectivity index (χ0) is 7.84. The number of amides is 1.